The van der Waals surface area contributed by atoms with E-state index in [2.05, 4.69) is 11.0 Å². The van der Waals surface area contributed by atoms with E-state index in [0.29, 0.717) is 6.79 Å². The molecule has 0 spiro atoms. The van der Waals surface area contributed by atoms with Crippen LogP contribution in [0.2, 0.25) is 0 Å². The molecule has 27 heavy (non-hydrogen) atoms. The predicted molar refractivity (Wildman–Crippen MR) is 105 cm³/mol. The lowest BCUT2D eigenvalue weighted by atomic mass is 10.1. The number of nitrogens with zero attached hydrogens (tertiary/aromatic N) is 2. The quantitative estimate of drug-likeness (QED) is 0.782. The number of piperazine rings is 1. The minimum absolute atomic E-state index is 0.126. The van der Waals surface area contributed by atoms with E-state index in [0.717, 1.165) is 55.4 Å². The van der Waals surface area contributed by atoms with Gasteiger partial charge in [-0.3, -0.25) is 9.69 Å². The van der Waals surface area contributed by atoms with E-state index in [1.807, 2.05) is 60.4 Å². The molecule has 1 saturated heterocycles. The van der Waals surface area contributed by atoms with E-state index in [9.17, 15) is 4.79 Å². The van der Waals surface area contributed by atoms with Gasteiger partial charge < -0.3 is 14.4 Å². The average Bonchev–Trinajstić information content (AvgIpc) is 3.16. The average molecular weight is 364 g/mol. The molecule has 0 aromatic heterocycles. The Balaban J connectivity index is 1.32. The second kappa shape index (κ2) is 7.84. The Hall–Kier alpha value is -2.79. The highest BCUT2D eigenvalue weighted by atomic mass is 16.7. The minimum Gasteiger partial charge on any atom is -0.454 e. The first-order chi connectivity index (χ1) is 13.2. The zero-order valence-corrected chi connectivity index (χ0v) is 15.6. The molecular weight excluding hydrogens is 340 g/mol. The second-order valence-electron chi connectivity index (χ2n) is 6.99. The molecule has 2 aromatic carbocycles. The normalized spacial score (nSPS) is 17.2. The summed E-state index contributed by atoms with van der Waals surface area (Å²) >= 11 is 0. The van der Waals surface area contributed by atoms with E-state index in [1.54, 1.807) is 0 Å². The Morgan fingerprint density at radius 3 is 2.52 bits per heavy atom. The monoisotopic (exact) mass is 364 g/mol. The molecule has 5 nitrogen and oxygen atoms in total. The Bertz CT molecular complexity index is 840. The van der Waals surface area contributed by atoms with E-state index >= 15 is 0 Å². The lowest BCUT2D eigenvalue weighted by Crippen LogP contribution is -2.48. The molecular formula is C22H24N2O3. The smallest absolute Gasteiger partial charge is 0.249 e. The van der Waals surface area contributed by atoms with Crippen LogP contribution in [0.5, 0.6) is 11.5 Å². The number of hydrogen-bond acceptors (Lipinski definition) is 4. The van der Waals surface area contributed by atoms with Gasteiger partial charge in [-0.1, -0.05) is 36.4 Å². The van der Waals surface area contributed by atoms with Crippen molar-refractivity contribution in [3.05, 3.63) is 65.2 Å². The van der Waals surface area contributed by atoms with E-state index in [4.69, 9.17) is 9.47 Å². The van der Waals surface area contributed by atoms with Crippen LogP contribution in [0, 0.1) is 0 Å². The molecule has 1 amide bonds. The summed E-state index contributed by atoms with van der Waals surface area (Å²) in [6.45, 7) is 6.31. The summed E-state index contributed by atoms with van der Waals surface area (Å²) in [5.74, 6) is 1.76. The van der Waals surface area contributed by atoms with Crippen LogP contribution in [-0.4, -0.2) is 48.7 Å². The second-order valence-corrected chi connectivity index (χ2v) is 6.99. The molecule has 140 valence electrons. The molecule has 0 unspecified atom stereocenters. The molecule has 0 N–H and O–H groups in total. The number of hydrogen-bond donors (Lipinski definition) is 0. The lowest BCUT2D eigenvalue weighted by Gasteiger charge is -2.35. The summed E-state index contributed by atoms with van der Waals surface area (Å²) in [5, 5.41) is 0. The molecule has 2 heterocycles. The number of benzene rings is 2. The first-order valence-corrected chi connectivity index (χ1v) is 9.32. The standard InChI is InChI=1S/C22H24N2O3/c1-17(13-18-5-3-2-4-6-18)22(25)24-11-9-23(10-12-24)15-19-7-8-20-21(14-19)27-16-26-20/h2-8,13-14H,9-12,15-16H2,1H3/b17-13-. The number of carbonyl (C=O) groups excluding carboxylic acids is 1. The molecule has 1 fully saturated rings. The van der Waals surface area contributed by atoms with Gasteiger partial charge >= 0.3 is 0 Å². The molecule has 5 heteroatoms. The summed E-state index contributed by atoms with van der Waals surface area (Å²) in [4.78, 5) is 17.0. The Labute approximate surface area is 159 Å². The van der Waals surface area contributed by atoms with E-state index < -0.39 is 0 Å². The van der Waals surface area contributed by atoms with E-state index in [1.165, 1.54) is 5.56 Å². The van der Waals surface area contributed by atoms with Crippen LogP contribution in [-0.2, 0) is 11.3 Å². The topological polar surface area (TPSA) is 42.0 Å². The van der Waals surface area contributed by atoms with Gasteiger partial charge in [-0.25, -0.2) is 0 Å². The van der Waals surface area contributed by atoms with Crippen molar-refractivity contribution in [3.8, 4) is 11.5 Å². The summed E-state index contributed by atoms with van der Waals surface area (Å²) in [6, 6.07) is 16.1. The van der Waals surface area contributed by atoms with Crippen molar-refractivity contribution in [1.82, 2.24) is 9.80 Å². The maximum atomic E-state index is 12.7. The molecule has 0 radical (unpaired) electrons. The van der Waals surface area contributed by atoms with Crippen LogP contribution in [0.25, 0.3) is 6.08 Å². The Kier molecular flexibility index (Phi) is 5.12. The number of fused-ring (bicyclic) bond motifs is 1. The zero-order valence-electron chi connectivity index (χ0n) is 15.6. The van der Waals surface area contributed by atoms with Crippen molar-refractivity contribution < 1.29 is 14.3 Å². The fourth-order valence-corrected chi connectivity index (χ4v) is 3.52. The third-order valence-electron chi connectivity index (χ3n) is 5.02. The third kappa shape index (κ3) is 4.14. The maximum absolute atomic E-state index is 12.7. The third-order valence-corrected chi connectivity index (χ3v) is 5.02. The van der Waals surface area contributed by atoms with Gasteiger partial charge in [-0.05, 0) is 36.3 Å². The SMILES string of the molecule is C/C(=C/c1ccccc1)C(=O)N1CCN(Cc2ccc3c(c2)OCO3)CC1. The fourth-order valence-electron chi connectivity index (χ4n) is 3.52. The van der Waals surface area contributed by atoms with Crippen LogP contribution >= 0.6 is 0 Å². The summed E-state index contributed by atoms with van der Waals surface area (Å²) < 4.78 is 10.8. The number of amides is 1. The first kappa shape index (κ1) is 17.6. The Morgan fingerprint density at radius 2 is 1.74 bits per heavy atom. The number of carbonyl (C=O) groups is 1. The molecule has 0 aliphatic carbocycles. The fraction of sp³-hybridized carbons (Fsp3) is 0.318. The van der Waals surface area contributed by atoms with Crippen LogP contribution < -0.4 is 9.47 Å². The van der Waals surface area contributed by atoms with Crippen LogP contribution in [0.1, 0.15) is 18.1 Å². The summed E-state index contributed by atoms with van der Waals surface area (Å²) in [5.41, 5.74) is 3.05. The minimum atomic E-state index is 0.126. The molecule has 0 atom stereocenters. The molecule has 0 saturated carbocycles. The largest absolute Gasteiger partial charge is 0.454 e. The first-order valence-electron chi connectivity index (χ1n) is 9.32. The van der Waals surface area contributed by atoms with Gasteiger partial charge in [-0.2, -0.15) is 0 Å². The van der Waals surface area contributed by atoms with Crippen molar-refractivity contribution in [2.75, 3.05) is 33.0 Å². The van der Waals surface area contributed by atoms with Gasteiger partial charge in [0.25, 0.3) is 0 Å². The van der Waals surface area contributed by atoms with Crippen molar-refractivity contribution in [2.45, 2.75) is 13.5 Å². The highest BCUT2D eigenvalue weighted by Gasteiger charge is 2.22. The molecule has 2 aromatic rings. The summed E-state index contributed by atoms with van der Waals surface area (Å²) in [6.07, 6.45) is 1.96. The van der Waals surface area contributed by atoms with Crippen molar-refractivity contribution in [1.29, 1.82) is 0 Å². The summed E-state index contributed by atoms with van der Waals surface area (Å²) in [7, 11) is 0. The van der Waals surface area contributed by atoms with Gasteiger partial charge in [0.15, 0.2) is 11.5 Å². The molecule has 2 aliphatic rings. The van der Waals surface area contributed by atoms with Crippen LogP contribution in [0.15, 0.2) is 54.1 Å². The number of rotatable bonds is 4. The molecule has 0 bridgehead atoms. The highest BCUT2D eigenvalue weighted by molar-refractivity contribution is 5.97. The number of ether oxygens (including phenoxy) is 2. The Morgan fingerprint density at radius 1 is 1.00 bits per heavy atom. The lowest BCUT2D eigenvalue weighted by molar-refractivity contribution is -0.128. The van der Waals surface area contributed by atoms with Crippen molar-refractivity contribution >= 4 is 12.0 Å². The predicted octanol–water partition coefficient (Wildman–Crippen LogP) is 3.16. The van der Waals surface area contributed by atoms with Gasteiger partial charge in [0, 0.05) is 38.3 Å². The van der Waals surface area contributed by atoms with Crippen molar-refractivity contribution in [3.63, 3.8) is 0 Å². The van der Waals surface area contributed by atoms with Crippen molar-refractivity contribution in [2.24, 2.45) is 0 Å². The van der Waals surface area contributed by atoms with E-state index in [-0.39, 0.29) is 5.91 Å². The van der Waals surface area contributed by atoms with Crippen LogP contribution in [0.4, 0.5) is 0 Å². The highest BCUT2D eigenvalue weighted by Crippen LogP contribution is 2.32. The maximum Gasteiger partial charge on any atom is 0.249 e. The van der Waals surface area contributed by atoms with Gasteiger partial charge in [0.05, 0.1) is 0 Å². The van der Waals surface area contributed by atoms with Gasteiger partial charge in [0.1, 0.15) is 0 Å². The zero-order chi connectivity index (χ0) is 18.6. The van der Waals surface area contributed by atoms with Crippen LogP contribution in [0.3, 0.4) is 0 Å². The molecule has 4 rings (SSSR count). The molecule has 2 aliphatic heterocycles. The van der Waals surface area contributed by atoms with Gasteiger partial charge in [0.2, 0.25) is 12.7 Å². The van der Waals surface area contributed by atoms with Gasteiger partial charge in [-0.15, -0.1) is 0 Å².